The molecule has 0 aliphatic rings. The van der Waals surface area contributed by atoms with Crippen molar-refractivity contribution in [2.75, 3.05) is 6.61 Å². The number of amides is 1. The summed E-state index contributed by atoms with van der Waals surface area (Å²) in [5, 5.41) is 9.82. The standard InChI is InChI=1S/C11H14ClNO3/c1-7(2)6-16-13-11(15)9-5-8(12)3-4-10(9)14/h3-5,7,14H,6H2,1-2H3,(H,13,15). The highest BCUT2D eigenvalue weighted by Gasteiger charge is 2.11. The number of rotatable bonds is 4. The van der Waals surface area contributed by atoms with Crippen molar-refractivity contribution in [3.63, 3.8) is 0 Å². The van der Waals surface area contributed by atoms with Crippen LogP contribution >= 0.6 is 11.6 Å². The van der Waals surface area contributed by atoms with Gasteiger partial charge in [-0.15, -0.1) is 0 Å². The second-order valence-corrected chi connectivity index (χ2v) is 4.23. The molecule has 0 bridgehead atoms. The highest BCUT2D eigenvalue weighted by molar-refractivity contribution is 6.31. The number of benzene rings is 1. The maximum Gasteiger partial charge on any atom is 0.278 e. The minimum atomic E-state index is -0.513. The monoisotopic (exact) mass is 243 g/mol. The molecule has 0 aliphatic carbocycles. The van der Waals surface area contributed by atoms with Crippen molar-refractivity contribution in [1.82, 2.24) is 5.48 Å². The molecule has 0 radical (unpaired) electrons. The molecule has 0 unspecified atom stereocenters. The number of hydrogen-bond acceptors (Lipinski definition) is 3. The quantitative estimate of drug-likeness (QED) is 0.799. The largest absolute Gasteiger partial charge is 0.507 e. The van der Waals surface area contributed by atoms with Gasteiger partial charge in [-0.1, -0.05) is 25.4 Å². The predicted molar refractivity (Wildman–Crippen MR) is 61.4 cm³/mol. The van der Waals surface area contributed by atoms with Crippen LogP contribution in [-0.2, 0) is 4.84 Å². The fourth-order valence-corrected chi connectivity index (χ4v) is 1.19. The van der Waals surface area contributed by atoms with E-state index in [-0.39, 0.29) is 11.3 Å². The summed E-state index contributed by atoms with van der Waals surface area (Å²) in [4.78, 5) is 16.5. The van der Waals surface area contributed by atoms with E-state index in [0.29, 0.717) is 17.5 Å². The summed E-state index contributed by atoms with van der Waals surface area (Å²) in [5.41, 5.74) is 2.33. The molecule has 1 aromatic carbocycles. The molecule has 0 spiro atoms. The van der Waals surface area contributed by atoms with Crippen molar-refractivity contribution in [3.05, 3.63) is 28.8 Å². The van der Waals surface area contributed by atoms with Gasteiger partial charge in [0.15, 0.2) is 0 Å². The summed E-state index contributed by atoms with van der Waals surface area (Å²) < 4.78 is 0. The molecule has 2 N–H and O–H groups in total. The number of hydroxylamine groups is 1. The van der Waals surface area contributed by atoms with Crippen molar-refractivity contribution in [2.45, 2.75) is 13.8 Å². The number of aromatic hydroxyl groups is 1. The minimum Gasteiger partial charge on any atom is -0.507 e. The Hall–Kier alpha value is -1.26. The van der Waals surface area contributed by atoms with E-state index in [1.165, 1.54) is 18.2 Å². The highest BCUT2D eigenvalue weighted by atomic mass is 35.5. The van der Waals surface area contributed by atoms with Gasteiger partial charge in [0.2, 0.25) is 0 Å². The smallest absolute Gasteiger partial charge is 0.278 e. The Morgan fingerprint density at radius 2 is 2.25 bits per heavy atom. The summed E-state index contributed by atoms with van der Waals surface area (Å²) in [5.74, 6) is -0.330. The zero-order valence-corrected chi connectivity index (χ0v) is 9.91. The molecule has 5 heteroatoms. The zero-order chi connectivity index (χ0) is 12.1. The summed E-state index contributed by atoms with van der Waals surface area (Å²) in [7, 11) is 0. The zero-order valence-electron chi connectivity index (χ0n) is 9.16. The third-order valence-corrected chi connectivity index (χ3v) is 2.02. The lowest BCUT2D eigenvalue weighted by Crippen LogP contribution is -2.25. The normalized spacial score (nSPS) is 10.5. The third kappa shape index (κ3) is 3.72. The van der Waals surface area contributed by atoms with Crippen molar-refractivity contribution in [2.24, 2.45) is 5.92 Å². The first kappa shape index (κ1) is 12.8. The minimum absolute atomic E-state index is 0.0938. The van der Waals surface area contributed by atoms with Gasteiger partial charge in [-0.3, -0.25) is 9.63 Å². The first-order chi connectivity index (χ1) is 7.50. The van der Waals surface area contributed by atoms with E-state index in [1.807, 2.05) is 13.8 Å². The number of halogens is 1. The average molecular weight is 244 g/mol. The van der Waals surface area contributed by atoms with E-state index in [9.17, 15) is 9.90 Å². The third-order valence-electron chi connectivity index (χ3n) is 1.78. The Balaban J connectivity index is 2.62. The van der Waals surface area contributed by atoms with Gasteiger partial charge in [-0.25, -0.2) is 5.48 Å². The van der Waals surface area contributed by atoms with Crippen LogP contribution in [0.4, 0.5) is 0 Å². The molecule has 1 amide bonds. The Morgan fingerprint density at radius 1 is 1.56 bits per heavy atom. The molecular formula is C11H14ClNO3. The molecule has 0 fully saturated rings. The number of nitrogens with one attached hydrogen (secondary N) is 1. The molecule has 0 saturated heterocycles. The Morgan fingerprint density at radius 3 is 2.88 bits per heavy atom. The molecule has 0 atom stereocenters. The number of hydrogen-bond donors (Lipinski definition) is 2. The summed E-state index contributed by atoms with van der Waals surface area (Å²) >= 11 is 5.71. The van der Waals surface area contributed by atoms with Gasteiger partial charge in [-0.2, -0.15) is 0 Å². The van der Waals surface area contributed by atoms with Gasteiger partial charge in [0.1, 0.15) is 5.75 Å². The lowest BCUT2D eigenvalue weighted by molar-refractivity contribution is 0.0207. The lowest BCUT2D eigenvalue weighted by Gasteiger charge is -2.08. The van der Waals surface area contributed by atoms with E-state index in [2.05, 4.69) is 5.48 Å². The van der Waals surface area contributed by atoms with E-state index in [1.54, 1.807) is 0 Å². The molecule has 0 saturated carbocycles. The van der Waals surface area contributed by atoms with E-state index in [4.69, 9.17) is 16.4 Å². The van der Waals surface area contributed by atoms with Gasteiger partial charge in [0.05, 0.1) is 12.2 Å². The van der Waals surface area contributed by atoms with Crippen LogP contribution in [0.3, 0.4) is 0 Å². The average Bonchev–Trinajstić information content (AvgIpc) is 2.21. The van der Waals surface area contributed by atoms with Gasteiger partial charge in [0.25, 0.3) is 5.91 Å². The summed E-state index contributed by atoms with van der Waals surface area (Å²) in [6, 6.07) is 4.24. The van der Waals surface area contributed by atoms with Crippen molar-refractivity contribution < 1.29 is 14.7 Å². The van der Waals surface area contributed by atoms with E-state index < -0.39 is 5.91 Å². The molecular weight excluding hydrogens is 230 g/mol. The Labute approximate surface area is 99.1 Å². The SMILES string of the molecule is CC(C)CONC(=O)c1cc(Cl)ccc1O. The summed E-state index contributed by atoms with van der Waals surface area (Å²) in [6.07, 6.45) is 0. The number of carbonyl (C=O) groups is 1. The number of carbonyl (C=O) groups excluding carboxylic acids is 1. The predicted octanol–water partition coefficient (Wildman–Crippen LogP) is 2.36. The summed E-state index contributed by atoms with van der Waals surface area (Å²) in [6.45, 7) is 4.33. The molecule has 0 aliphatic heterocycles. The van der Waals surface area contributed by atoms with Gasteiger partial charge in [-0.05, 0) is 24.1 Å². The lowest BCUT2D eigenvalue weighted by atomic mass is 10.2. The molecule has 4 nitrogen and oxygen atoms in total. The second kappa shape index (κ2) is 5.72. The van der Waals surface area contributed by atoms with Crippen LogP contribution in [0, 0.1) is 5.92 Å². The maximum absolute atomic E-state index is 11.5. The van der Waals surface area contributed by atoms with Crippen LogP contribution in [0.15, 0.2) is 18.2 Å². The van der Waals surface area contributed by atoms with Gasteiger partial charge < -0.3 is 5.11 Å². The van der Waals surface area contributed by atoms with Crippen molar-refractivity contribution >= 4 is 17.5 Å². The van der Waals surface area contributed by atoms with Gasteiger partial charge >= 0.3 is 0 Å². The Bertz CT molecular complexity index is 379. The first-order valence-electron chi connectivity index (χ1n) is 4.91. The fraction of sp³-hybridized carbons (Fsp3) is 0.364. The fourth-order valence-electron chi connectivity index (χ4n) is 1.02. The van der Waals surface area contributed by atoms with E-state index in [0.717, 1.165) is 0 Å². The molecule has 16 heavy (non-hydrogen) atoms. The topological polar surface area (TPSA) is 58.6 Å². The molecule has 1 rings (SSSR count). The van der Waals surface area contributed by atoms with Crippen LogP contribution in [0.25, 0.3) is 0 Å². The van der Waals surface area contributed by atoms with Crippen LogP contribution in [0.1, 0.15) is 24.2 Å². The van der Waals surface area contributed by atoms with Crippen molar-refractivity contribution in [1.29, 1.82) is 0 Å². The van der Waals surface area contributed by atoms with Crippen LogP contribution in [-0.4, -0.2) is 17.6 Å². The number of phenolic OH excluding ortho intramolecular Hbond substituents is 1. The van der Waals surface area contributed by atoms with Crippen LogP contribution < -0.4 is 5.48 Å². The highest BCUT2D eigenvalue weighted by Crippen LogP contribution is 2.21. The molecule has 88 valence electrons. The van der Waals surface area contributed by atoms with Crippen molar-refractivity contribution in [3.8, 4) is 5.75 Å². The first-order valence-corrected chi connectivity index (χ1v) is 5.29. The van der Waals surface area contributed by atoms with Crippen LogP contribution in [0.2, 0.25) is 5.02 Å². The second-order valence-electron chi connectivity index (χ2n) is 3.80. The maximum atomic E-state index is 11.5. The van der Waals surface area contributed by atoms with Crippen LogP contribution in [0.5, 0.6) is 5.75 Å². The molecule has 0 aromatic heterocycles. The number of phenols is 1. The Kier molecular flexibility index (Phi) is 4.58. The molecule has 1 aromatic rings. The van der Waals surface area contributed by atoms with Gasteiger partial charge in [0, 0.05) is 5.02 Å². The van der Waals surface area contributed by atoms with E-state index >= 15 is 0 Å². The molecule has 0 heterocycles.